The highest BCUT2D eigenvalue weighted by atomic mass is 35.5. The van der Waals surface area contributed by atoms with Crippen LogP contribution in [0.5, 0.6) is 5.75 Å². The van der Waals surface area contributed by atoms with Gasteiger partial charge in [0, 0.05) is 6.54 Å². The molecule has 0 bridgehead atoms. The second-order valence-corrected chi connectivity index (χ2v) is 6.05. The van der Waals surface area contributed by atoms with Gasteiger partial charge in [-0.25, -0.2) is 0 Å². The fraction of sp³-hybridized carbons (Fsp3) is 0.625. The summed E-state index contributed by atoms with van der Waals surface area (Å²) in [6.07, 6.45) is 5.54. The highest BCUT2D eigenvalue weighted by Crippen LogP contribution is 2.29. The normalized spacial score (nSPS) is 17.4. The summed E-state index contributed by atoms with van der Waals surface area (Å²) in [6.45, 7) is 1.10. The van der Waals surface area contributed by atoms with Gasteiger partial charge in [-0.05, 0) is 37.1 Å². The van der Waals surface area contributed by atoms with E-state index in [2.05, 4.69) is 5.32 Å². The van der Waals surface area contributed by atoms with Gasteiger partial charge in [0.25, 0.3) is 0 Å². The predicted octanol–water partition coefficient (Wildman–Crippen LogP) is 3.38. The van der Waals surface area contributed by atoms with Crippen molar-refractivity contribution in [2.45, 2.75) is 44.8 Å². The molecule has 3 nitrogen and oxygen atoms in total. The first-order valence-electron chi connectivity index (χ1n) is 7.43. The fourth-order valence-electron chi connectivity index (χ4n) is 2.86. The molecule has 1 aliphatic carbocycles. The van der Waals surface area contributed by atoms with Crippen molar-refractivity contribution in [2.24, 2.45) is 5.92 Å². The molecule has 2 N–H and O–H groups in total. The number of aliphatic hydroxyl groups is 1. The number of aliphatic hydroxyl groups excluding tert-OH is 1. The van der Waals surface area contributed by atoms with Gasteiger partial charge in [-0.2, -0.15) is 0 Å². The van der Waals surface area contributed by atoms with Gasteiger partial charge in [0.1, 0.15) is 12.4 Å². The molecular formula is C16H24ClNO2. The van der Waals surface area contributed by atoms with Crippen LogP contribution in [0.25, 0.3) is 0 Å². The molecule has 0 amide bonds. The first-order chi connectivity index (χ1) is 9.69. The van der Waals surface area contributed by atoms with Gasteiger partial charge in [-0.1, -0.05) is 43.4 Å². The Morgan fingerprint density at radius 1 is 1.40 bits per heavy atom. The number of hydrogen-bond acceptors (Lipinski definition) is 3. The molecule has 4 heteroatoms. The van der Waals surface area contributed by atoms with Crippen molar-refractivity contribution in [1.82, 2.24) is 5.32 Å². The number of rotatable bonds is 7. The molecule has 1 aromatic carbocycles. The van der Waals surface area contributed by atoms with Crippen molar-refractivity contribution in [1.29, 1.82) is 0 Å². The Morgan fingerprint density at radius 3 is 2.80 bits per heavy atom. The van der Waals surface area contributed by atoms with Crippen LogP contribution in [0.15, 0.2) is 18.2 Å². The van der Waals surface area contributed by atoms with Gasteiger partial charge in [-0.15, -0.1) is 0 Å². The molecule has 0 aromatic heterocycles. The first-order valence-corrected chi connectivity index (χ1v) is 7.80. The van der Waals surface area contributed by atoms with Crippen molar-refractivity contribution < 1.29 is 9.84 Å². The molecule has 1 saturated carbocycles. The molecule has 0 spiro atoms. The molecule has 0 radical (unpaired) electrons. The zero-order valence-electron chi connectivity index (χ0n) is 12.1. The zero-order chi connectivity index (χ0) is 14.4. The highest BCUT2D eigenvalue weighted by molar-refractivity contribution is 6.32. The van der Waals surface area contributed by atoms with Gasteiger partial charge in [-0.3, -0.25) is 0 Å². The average molecular weight is 298 g/mol. The Kier molecular flexibility index (Phi) is 6.14. The van der Waals surface area contributed by atoms with Crippen LogP contribution in [-0.4, -0.2) is 24.9 Å². The van der Waals surface area contributed by atoms with Crippen molar-refractivity contribution in [3.05, 3.63) is 28.8 Å². The van der Waals surface area contributed by atoms with E-state index in [4.69, 9.17) is 16.3 Å². The van der Waals surface area contributed by atoms with Crippen LogP contribution in [-0.2, 0) is 6.54 Å². The predicted molar refractivity (Wildman–Crippen MR) is 82.3 cm³/mol. The van der Waals surface area contributed by atoms with Crippen molar-refractivity contribution in [2.75, 3.05) is 13.7 Å². The summed E-state index contributed by atoms with van der Waals surface area (Å²) in [5.41, 5.74) is 1.12. The van der Waals surface area contributed by atoms with Crippen LogP contribution >= 0.6 is 11.6 Å². The second-order valence-electron chi connectivity index (χ2n) is 5.65. The molecule has 20 heavy (non-hydrogen) atoms. The van der Waals surface area contributed by atoms with E-state index in [9.17, 15) is 5.11 Å². The van der Waals surface area contributed by atoms with Crippen molar-refractivity contribution in [3.63, 3.8) is 0 Å². The monoisotopic (exact) mass is 297 g/mol. The van der Waals surface area contributed by atoms with Crippen molar-refractivity contribution in [3.8, 4) is 5.75 Å². The summed E-state index contributed by atoms with van der Waals surface area (Å²) < 4.78 is 5.64. The number of ether oxygens (including phenoxy) is 1. The van der Waals surface area contributed by atoms with E-state index in [0.29, 0.717) is 23.3 Å². The molecule has 1 fully saturated rings. The summed E-state index contributed by atoms with van der Waals surface area (Å²) in [7, 11) is 1.90. The molecule has 112 valence electrons. The smallest absolute Gasteiger partial charge is 0.138 e. The Bertz CT molecular complexity index is 419. The topological polar surface area (TPSA) is 41.5 Å². The lowest BCUT2D eigenvalue weighted by molar-refractivity contribution is 0.0856. The summed E-state index contributed by atoms with van der Waals surface area (Å²) >= 11 is 6.18. The Morgan fingerprint density at radius 2 is 2.15 bits per heavy atom. The number of benzene rings is 1. The quantitative estimate of drug-likeness (QED) is 0.811. The number of nitrogens with one attached hydrogen (secondary N) is 1. The Balaban J connectivity index is 1.80. The summed E-state index contributed by atoms with van der Waals surface area (Å²) in [5.74, 6) is 1.32. The zero-order valence-corrected chi connectivity index (χ0v) is 12.8. The third-order valence-electron chi connectivity index (χ3n) is 3.89. The van der Waals surface area contributed by atoms with E-state index in [0.717, 1.165) is 18.5 Å². The van der Waals surface area contributed by atoms with Gasteiger partial charge in [0.15, 0.2) is 0 Å². The molecule has 1 aliphatic rings. The lowest BCUT2D eigenvalue weighted by atomic mass is 10.0. The highest BCUT2D eigenvalue weighted by Gasteiger charge is 2.19. The molecule has 0 heterocycles. The van der Waals surface area contributed by atoms with Crippen LogP contribution < -0.4 is 10.1 Å². The molecule has 2 rings (SSSR count). The molecule has 1 unspecified atom stereocenters. The van der Waals surface area contributed by atoms with E-state index in [-0.39, 0.29) is 0 Å². The van der Waals surface area contributed by atoms with Crippen LogP contribution in [0, 0.1) is 5.92 Å². The molecule has 0 aliphatic heterocycles. The third-order valence-corrected chi connectivity index (χ3v) is 4.18. The fourth-order valence-corrected chi connectivity index (χ4v) is 3.12. The second kappa shape index (κ2) is 7.87. The average Bonchev–Trinajstić information content (AvgIpc) is 2.91. The van der Waals surface area contributed by atoms with E-state index in [1.165, 1.54) is 25.7 Å². The maximum absolute atomic E-state index is 10.0. The minimum atomic E-state index is -0.397. The van der Waals surface area contributed by atoms with Gasteiger partial charge in [0.2, 0.25) is 0 Å². The van der Waals surface area contributed by atoms with Crippen LogP contribution in [0.3, 0.4) is 0 Å². The first kappa shape index (κ1) is 15.6. The van der Waals surface area contributed by atoms with E-state index in [1.54, 1.807) is 0 Å². The largest absolute Gasteiger partial charge is 0.489 e. The molecule has 1 atom stereocenters. The number of halogens is 1. The van der Waals surface area contributed by atoms with Crippen LogP contribution in [0.2, 0.25) is 5.02 Å². The van der Waals surface area contributed by atoms with E-state index >= 15 is 0 Å². The Hall–Kier alpha value is -0.770. The standard InChI is InChI=1S/C16H24ClNO2/c1-18-10-13-6-7-16(15(17)9-13)20-11-14(19)8-12-4-2-3-5-12/h6-7,9,12,14,18-19H,2-5,8,10-11H2,1H3. The maximum atomic E-state index is 10.0. The van der Waals surface area contributed by atoms with Crippen LogP contribution in [0.1, 0.15) is 37.7 Å². The minimum Gasteiger partial charge on any atom is -0.489 e. The number of hydrogen-bond donors (Lipinski definition) is 2. The lowest BCUT2D eigenvalue weighted by Crippen LogP contribution is -2.20. The van der Waals surface area contributed by atoms with Gasteiger partial charge >= 0.3 is 0 Å². The third kappa shape index (κ3) is 4.65. The summed E-state index contributed by atoms with van der Waals surface area (Å²) in [6, 6.07) is 5.76. The molecular weight excluding hydrogens is 274 g/mol. The molecule has 0 saturated heterocycles. The van der Waals surface area contributed by atoms with Gasteiger partial charge in [0.05, 0.1) is 11.1 Å². The summed E-state index contributed by atoms with van der Waals surface area (Å²) in [5, 5.41) is 13.7. The minimum absolute atomic E-state index is 0.321. The maximum Gasteiger partial charge on any atom is 0.138 e. The van der Waals surface area contributed by atoms with Gasteiger partial charge < -0.3 is 15.2 Å². The van der Waals surface area contributed by atoms with Crippen molar-refractivity contribution >= 4 is 11.6 Å². The Labute approximate surface area is 126 Å². The van der Waals surface area contributed by atoms with Crippen LogP contribution in [0.4, 0.5) is 0 Å². The van der Waals surface area contributed by atoms with E-state index in [1.807, 2.05) is 25.2 Å². The lowest BCUT2D eigenvalue weighted by Gasteiger charge is -2.17. The molecule has 1 aromatic rings. The summed E-state index contributed by atoms with van der Waals surface area (Å²) in [4.78, 5) is 0. The van der Waals surface area contributed by atoms with E-state index < -0.39 is 6.10 Å². The SMILES string of the molecule is CNCc1ccc(OCC(O)CC2CCCC2)c(Cl)c1.